The van der Waals surface area contributed by atoms with E-state index >= 15 is 0 Å². The molecule has 0 spiro atoms. The lowest BCUT2D eigenvalue weighted by atomic mass is 9.73. The minimum absolute atomic E-state index is 0.117. The van der Waals surface area contributed by atoms with Crippen molar-refractivity contribution in [3.05, 3.63) is 11.4 Å². The van der Waals surface area contributed by atoms with Crippen LogP contribution in [0, 0.1) is 5.92 Å². The molecule has 0 aromatic carbocycles. The summed E-state index contributed by atoms with van der Waals surface area (Å²) >= 11 is 5.00. The summed E-state index contributed by atoms with van der Waals surface area (Å²) in [5.74, 6) is 0.549. The number of thiol groups is 1. The second-order valence-corrected chi connectivity index (χ2v) is 7.45. The Balaban J connectivity index is 1.91. The maximum atomic E-state index is 5.94. The SMILES string of the molecule is BC12CCc3nnn(C(C)C)c3CCC1(S)[C@H]2CN. The Morgan fingerprint density at radius 1 is 1.47 bits per heavy atom. The lowest BCUT2D eigenvalue weighted by molar-refractivity contribution is 0.486. The fourth-order valence-electron chi connectivity index (χ4n) is 4.05. The average molecular weight is 278 g/mol. The normalized spacial score (nSPS) is 37.4. The molecule has 2 unspecified atom stereocenters. The van der Waals surface area contributed by atoms with Gasteiger partial charge in [-0.3, -0.25) is 0 Å². The van der Waals surface area contributed by atoms with Gasteiger partial charge in [0.2, 0.25) is 0 Å². The van der Waals surface area contributed by atoms with Crippen LogP contribution in [0.4, 0.5) is 0 Å². The van der Waals surface area contributed by atoms with E-state index in [-0.39, 0.29) is 10.1 Å². The highest BCUT2D eigenvalue weighted by molar-refractivity contribution is 7.82. The Morgan fingerprint density at radius 2 is 2.21 bits per heavy atom. The number of aromatic nitrogens is 3. The van der Waals surface area contributed by atoms with Gasteiger partial charge in [0.15, 0.2) is 0 Å². The molecule has 1 saturated carbocycles. The number of fused-ring (bicyclic) bond motifs is 2. The van der Waals surface area contributed by atoms with Gasteiger partial charge in [0.1, 0.15) is 7.85 Å². The maximum Gasteiger partial charge on any atom is 0.111 e. The molecule has 1 aromatic rings. The highest BCUT2D eigenvalue weighted by atomic mass is 32.1. The van der Waals surface area contributed by atoms with Crippen molar-refractivity contribution in [2.75, 3.05) is 6.54 Å². The highest BCUT2D eigenvalue weighted by Crippen LogP contribution is 2.74. The fourth-order valence-corrected chi connectivity index (χ4v) is 4.75. The lowest BCUT2D eigenvalue weighted by Gasteiger charge is -2.21. The first-order chi connectivity index (χ1) is 8.94. The van der Waals surface area contributed by atoms with Crippen LogP contribution in [0.2, 0.25) is 5.31 Å². The summed E-state index contributed by atoms with van der Waals surface area (Å²) in [7, 11) is 2.34. The number of hydrogen-bond acceptors (Lipinski definition) is 4. The van der Waals surface area contributed by atoms with E-state index < -0.39 is 0 Å². The van der Waals surface area contributed by atoms with Crippen LogP contribution in [0.3, 0.4) is 0 Å². The molecule has 4 nitrogen and oxygen atoms in total. The summed E-state index contributed by atoms with van der Waals surface area (Å²) in [6, 6.07) is 0.377. The van der Waals surface area contributed by atoms with E-state index in [0.29, 0.717) is 12.0 Å². The third kappa shape index (κ3) is 1.72. The molecule has 2 aliphatic rings. The topological polar surface area (TPSA) is 56.7 Å². The van der Waals surface area contributed by atoms with Crippen molar-refractivity contribution in [2.45, 2.75) is 55.6 Å². The van der Waals surface area contributed by atoms with E-state index in [0.717, 1.165) is 32.2 Å². The fraction of sp³-hybridized carbons (Fsp3) is 0.846. The van der Waals surface area contributed by atoms with Gasteiger partial charge in [-0.25, -0.2) is 4.68 Å². The summed E-state index contributed by atoms with van der Waals surface area (Å²) in [6.07, 6.45) is 4.25. The van der Waals surface area contributed by atoms with Gasteiger partial charge in [0.25, 0.3) is 0 Å². The van der Waals surface area contributed by atoms with E-state index in [1.807, 2.05) is 0 Å². The monoisotopic (exact) mass is 278 g/mol. The Kier molecular flexibility index (Phi) is 3.02. The van der Waals surface area contributed by atoms with Crippen molar-refractivity contribution in [3.8, 4) is 0 Å². The van der Waals surface area contributed by atoms with E-state index in [1.54, 1.807) is 0 Å². The highest BCUT2D eigenvalue weighted by Gasteiger charge is 2.69. The van der Waals surface area contributed by atoms with Crippen molar-refractivity contribution in [1.29, 1.82) is 0 Å². The van der Waals surface area contributed by atoms with Crippen LogP contribution in [0.1, 0.15) is 44.1 Å². The molecule has 1 heterocycles. The van der Waals surface area contributed by atoms with E-state index in [4.69, 9.17) is 18.4 Å². The van der Waals surface area contributed by atoms with Gasteiger partial charge < -0.3 is 5.73 Å². The molecule has 2 aliphatic carbocycles. The third-order valence-corrected chi connectivity index (χ3v) is 6.52. The number of nitrogens with two attached hydrogens (primary N) is 1. The summed E-state index contributed by atoms with van der Waals surface area (Å²) in [5, 5.41) is 9.00. The second-order valence-electron chi connectivity index (χ2n) is 6.65. The molecule has 0 aliphatic heterocycles. The molecule has 1 fully saturated rings. The van der Waals surface area contributed by atoms with Gasteiger partial charge in [0, 0.05) is 10.8 Å². The average Bonchev–Trinajstić information content (AvgIpc) is 2.69. The van der Waals surface area contributed by atoms with Crippen molar-refractivity contribution >= 4 is 20.5 Å². The van der Waals surface area contributed by atoms with Gasteiger partial charge in [-0.2, -0.15) is 12.6 Å². The number of nitrogens with zero attached hydrogens (tertiary/aromatic N) is 3. The zero-order chi connectivity index (χ0) is 13.8. The summed E-state index contributed by atoms with van der Waals surface area (Å²) < 4.78 is 2.19. The third-order valence-electron chi connectivity index (χ3n) is 5.47. The van der Waals surface area contributed by atoms with Gasteiger partial charge in [-0.15, -0.1) is 5.10 Å². The van der Waals surface area contributed by atoms with Crippen molar-refractivity contribution in [2.24, 2.45) is 11.7 Å². The van der Waals surface area contributed by atoms with Gasteiger partial charge in [-0.1, -0.05) is 5.21 Å². The predicted octanol–water partition coefficient (Wildman–Crippen LogP) is 0.787. The molecule has 19 heavy (non-hydrogen) atoms. The molecular formula is C13H23BN4S. The van der Waals surface area contributed by atoms with Crippen LogP contribution in [0.5, 0.6) is 0 Å². The zero-order valence-electron chi connectivity index (χ0n) is 12.1. The second kappa shape index (κ2) is 4.25. The Bertz CT molecular complexity index is 503. The maximum absolute atomic E-state index is 5.94. The molecule has 0 radical (unpaired) electrons. The van der Waals surface area contributed by atoms with Gasteiger partial charge in [-0.05, 0) is 57.3 Å². The molecule has 6 heteroatoms. The zero-order valence-corrected chi connectivity index (χ0v) is 13.0. The van der Waals surface area contributed by atoms with Crippen LogP contribution in [-0.4, -0.2) is 34.1 Å². The summed E-state index contributed by atoms with van der Waals surface area (Å²) in [6.45, 7) is 5.07. The molecule has 0 amide bonds. The van der Waals surface area contributed by atoms with Crippen LogP contribution in [0.25, 0.3) is 0 Å². The summed E-state index contributed by atoms with van der Waals surface area (Å²) in [4.78, 5) is 0. The molecule has 0 saturated heterocycles. The first-order valence-corrected chi connectivity index (χ1v) is 7.74. The predicted molar refractivity (Wildman–Crippen MR) is 82.5 cm³/mol. The molecule has 2 N–H and O–H groups in total. The van der Waals surface area contributed by atoms with Crippen molar-refractivity contribution in [1.82, 2.24) is 15.0 Å². The van der Waals surface area contributed by atoms with Gasteiger partial charge in [0.05, 0.1) is 11.4 Å². The first-order valence-electron chi connectivity index (χ1n) is 7.29. The van der Waals surface area contributed by atoms with Crippen LogP contribution >= 0.6 is 12.6 Å². The standard InChI is InChI=1S/C13H23BN4S/c1-8(2)18-10-4-6-13(19)11(7-15)12(13,14)5-3-9(10)16-17-18/h8,11,19H,3-7,14-15H2,1-2H3/t11-,12?,13?/m0/s1. The molecular weight excluding hydrogens is 255 g/mol. The van der Waals surface area contributed by atoms with Crippen LogP contribution < -0.4 is 5.73 Å². The molecule has 1 aromatic heterocycles. The number of rotatable bonds is 2. The van der Waals surface area contributed by atoms with Crippen LogP contribution in [0.15, 0.2) is 0 Å². The minimum atomic E-state index is 0.117. The number of aryl methyl sites for hydroxylation is 1. The lowest BCUT2D eigenvalue weighted by Crippen LogP contribution is -2.18. The Hall–Kier alpha value is -0.485. The number of hydrogen-bond donors (Lipinski definition) is 2. The van der Waals surface area contributed by atoms with E-state index in [2.05, 4.69) is 36.7 Å². The van der Waals surface area contributed by atoms with Crippen molar-refractivity contribution < 1.29 is 0 Å². The quantitative estimate of drug-likeness (QED) is 0.621. The molecule has 3 atom stereocenters. The molecule has 3 rings (SSSR count). The first kappa shape index (κ1) is 13.5. The van der Waals surface area contributed by atoms with E-state index in [9.17, 15) is 0 Å². The Labute approximate surface area is 121 Å². The van der Waals surface area contributed by atoms with Crippen LogP contribution in [-0.2, 0) is 12.8 Å². The van der Waals surface area contributed by atoms with E-state index in [1.165, 1.54) is 11.4 Å². The smallest absolute Gasteiger partial charge is 0.111 e. The molecule has 104 valence electrons. The largest absolute Gasteiger partial charge is 0.330 e. The van der Waals surface area contributed by atoms with Gasteiger partial charge >= 0.3 is 0 Å². The molecule has 0 bridgehead atoms. The minimum Gasteiger partial charge on any atom is -0.330 e. The summed E-state index contributed by atoms with van der Waals surface area (Å²) in [5.41, 5.74) is 8.44. The Morgan fingerprint density at radius 3 is 2.84 bits per heavy atom. The van der Waals surface area contributed by atoms with Crippen molar-refractivity contribution in [3.63, 3.8) is 0 Å².